The summed E-state index contributed by atoms with van der Waals surface area (Å²) in [7, 11) is 0. The van der Waals surface area contributed by atoms with Crippen LogP contribution in [-0.2, 0) is 0 Å². The van der Waals surface area contributed by atoms with Crippen molar-refractivity contribution < 1.29 is 4.39 Å². The highest BCUT2D eigenvalue weighted by molar-refractivity contribution is 4.68. The van der Waals surface area contributed by atoms with Crippen molar-refractivity contribution in [3.63, 3.8) is 0 Å². The molecule has 0 aromatic carbocycles. The molecule has 0 unspecified atom stereocenters. The molecule has 60 valence electrons. The quantitative estimate of drug-likeness (QED) is 0.571. The van der Waals surface area contributed by atoms with Gasteiger partial charge in [0.25, 0.3) is 0 Å². The van der Waals surface area contributed by atoms with Gasteiger partial charge in [0.1, 0.15) is 6.67 Å². The van der Waals surface area contributed by atoms with E-state index in [1.54, 1.807) is 0 Å². The van der Waals surface area contributed by atoms with Gasteiger partial charge in [-0.15, -0.1) is 0 Å². The summed E-state index contributed by atoms with van der Waals surface area (Å²) in [5, 5.41) is 0. The first-order valence-electron chi connectivity index (χ1n) is 4.11. The van der Waals surface area contributed by atoms with E-state index >= 15 is 0 Å². The summed E-state index contributed by atoms with van der Waals surface area (Å²) in [6.45, 7) is 4.90. The second kappa shape index (κ2) is 3.91. The maximum absolute atomic E-state index is 11.9. The fraction of sp³-hybridized carbons (Fsp3) is 1.00. The van der Waals surface area contributed by atoms with Crippen LogP contribution in [0, 0.1) is 5.92 Å². The number of hydrogen-bond acceptors (Lipinski definition) is 1. The maximum atomic E-state index is 11.9. The van der Waals surface area contributed by atoms with E-state index in [9.17, 15) is 4.39 Å². The summed E-state index contributed by atoms with van der Waals surface area (Å²) in [4.78, 5) is 2.22. The van der Waals surface area contributed by atoms with E-state index in [-0.39, 0.29) is 6.67 Å². The number of likely N-dealkylation sites (tertiary alicyclic amines) is 1. The van der Waals surface area contributed by atoms with Crippen molar-refractivity contribution in [2.75, 3.05) is 26.3 Å². The fourth-order valence-corrected chi connectivity index (χ4v) is 1.61. The van der Waals surface area contributed by atoms with Gasteiger partial charge in [0, 0.05) is 13.1 Å². The van der Waals surface area contributed by atoms with Crippen LogP contribution in [-0.4, -0.2) is 31.2 Å². The van der Waals surface area contributed by atoms with Crippen LogP contribution in [0.5, 0.6) is 0 Å². The van der Waals surface area contributed by atoms with E-state index < -0.39 is 0 Å². The van der Waals surface area contributed by atoms with E-state index in [2.05, 4.69) is 11.8 Å². The lowest BCUT2D eigenvalue weighted by Crippen LogP contribution is -2.35. The molecule has 2 heteroatoms. The Bertz CT molecular complexity index is 93.3. The topological polar surface area (TPSA) is 3.24 Å². The molecule has 0 aromatic heterocycles. The van der Waals surface area contributed by atoms with Crippen molar-refractivity contribution in [1.29, 1.82) is 0 Å². The lowest BCUT2D eigenvalue weighted by Gasteiger charge is -2.29. The summed E-state index contributed by atoms with van der Waals surface area (Å²) in [6.07, 6.45) is 2.57. The predicted molar refractivity (Wildman–Crippen MR) is 40.8 cm³/mol. The smallest absolute Gasteiger partial charge is 0.102 e. The van der Waals surface area contributed by atoms with E-state index in [4.69, 9.17) is 0 Å². The molecule has 1 aliphatic heterocycles. The minimum Gasteiger partial charge on any atom is -0.300 e. The molecule has 0 bridgehead atoms. The Kier molecular flexibility index (Phi) is 3.13. The Morgan fingerprint density at radius 3 is 3.00 bits per heavy atom. The van der Waals surface area contributed by atoms with Gasteiger partial charge in [-0.3, -0.25) is 0 Å². The van der Waals surface area contributed by atoms with Crippen molar-refractivity contribution in [3.8, 4) is 0 Å². The van der Waals surface area contributed by atoms with Crippen molar-refractivity contribution in [2.45, 2.75) is 19.8 Å². The SMILES string of the molecule is C[C@H]1CCCN(CCF)C1. The highest BCUT2D eigenvalue weighted by Crippen LogP contribution is 2.14. The number of alkyl halides is 1. The average molecular weight is 145 g/mol. The van der Waals surface area contributed by atoms with Crippen LogP contribution in [0.2, 0.25) is 0 Å². The molecule has 0 aliphatic carbocycles. The zero-order chi connectivity index (χ0) is 7.40. The summed E-state index contributed by atoms with van der Waals surface area (Å²) in [5.41, 5.74) is 0. The van der Waals surface area contributed by atoms with Crippen LogP contribution < -0.4 is 0 Å². The Morgan fingerprint density at radius 2 is 2.40 bits per heavy atom. The third-order valence-electron chi connectivity index (χ3n) is 2.14. The maximum Gasteiger partial charge on any atom is 0.102 e. The normalized spacial score (nSPS) is 28.8. The monoisotopic (exact) mass is 145 g/mol. The number of nitrogens with zero attached hydrogens (tertiary/aromatic N) is 1. The number of piperidine rings is 1. The first-order chi connectivity index (χ1) is 4.83. The molecule has 0 radical (unpaired) electrons. The molecule has 0 amide bonds. The van der Waals surface area contributed by atoms with Gasteiger partial charge in [0.05, 0.1) is 0 Å². The molecular weight excluding hydrogens is 129 g/mol. The molecule has 0 spiro atoms. The van der Waals surface area contributed by atoms with Crippen LogP contribution >= 0.6 is 0 Å². The van der Waals surface area contributed by atoms with Crippen LogP contribution in [0.25, 0.3) is 0 Å². The lowest BCUT2D eigenvalue weighted by atomic mass is 10.0. The second-order valence-electron chi connectivity index (χ2n) is 3.24. The van der Waals surface area contributed by atoms with E-state index in [0.717, 1.165) is 19.0 Å². The standard InChI is InChI=1S/C8H16FN/c1-8-3-2-5-10(7-8)6-4-9/h8H,2-7H2,1H3/t8-/m0/s1. The van der Waals surface area contributed by atoms with Crippen molar-refractivity contribution in [2.24, 2.45) is 5.92 Å². The molecule has 1 nitrogen and oxygen atoms in total. The van der Waals surface area contributed by atoms with Crippen LogP contribution in [0.3, 0.4) is 0 Å². The zero-order valence-corrected chi connectivity index (χ0v) is 6.65. The van der Waals surface area contributed by atoms with Gasteiger partial charge in [0.15, 0.2) is 0 Å². The molecule has 10 heavy (non-hydrogen) atoms. The summed E-state index contributed by atoms with van der Waals surface area (Å²) >= 11 is 0. The molecule has 1 fully saturated rings. The third kappa shape index (κ3) is 2.25. The highest BCUT2D eigenvalue weighted by Gasteiger charge is 2.14. The third-order valence-corrected chi connectivity index (χ3v) is 2.14. The number of halogens is 1. The second-order valence-corrected chi connectivity index (χ2v) is 3.24. The molecule has 1 atom stereocenters. The molecule has 0 N–H and O–H groups in total. The van der Waals surface area contributed by atoms with Gasteiger partial charge in [-0.2, -0.15) is 0 Å². The Hall–Kier alpha value is -0.110. The van der Waals surface area contributed by atoms with E-state index in [0.29, 0.717) is 6.54 Å². The molecule has 1 saturated heterocycles. The van der Waals surface area contributed by atoms with Gasteiger partial charge in [0.2, 0.25) is 0 Å². The van der Waals surface area contributed by atoms with Crippen LogP contribution in [0.1, 0.15) is 19.8 Å². The molecule has 1 heterocycles. The Balaban J connectivity index is 2.18. The lowest BCUT2D eigenvalue weighted by molar-refractivity contribution is 0.172. The molecule has 0 aromatic rings. The minimum absolute atomic E-state index is 0.188. The van der Waals surface area contributed by atoms with Crippen molar-refractivity contribution in [3.05, 3.63) is 0 Å². The van der Waals surface area contributed by atoms with Gasteiger partial charge in [-0.05, 0) is 25.3 Å². The van der Waals surface area contributed by atoms with Crippen LogP contribution in [0.15, 0.2) is 0 Å². The first-order valence-corrected chi connectivity index (χ1v) is 4.11. The highest BCUT2D eigenvalue weighted by atomic mass is 19.1. The Labute approximate surface area is 62.2 Å². The van der Waals surface area contributed by atoms with E-state index in [1.165, 1.54) is 12.8 Å². The summed E-state index contributed by atoms with van der Waals surface area (Å²) < 4.78 is 11.9. The fourth-order valence-electron chi connectivity index (χ4n) is 1.61. The van der Waals surface area contributed by atoms with Crippen molar-refractivity contribution in [1.82, 2.24) is 4.90 Å². The van der Waals surface area contributed by atoms with Gasteiger partial charge < -0.3 is 4.90 Å². The zero-order valence-electron chi connectivity index (χ0n) is 6.65. The number of rotatable bonds is 2. The predicted octanol–water partition coefficient (Wildman–Crippen LogP) is 1.69. The van der Waals surface area contributed by atoms with E-state index in [1.807, 2.05) is 0 Å². The minimum atomic E-state index is -0.188. The van der Waals surface area contributed by atoms with Gasteiger partial charge in [-0.1, -0.05) is 6.92 Å². The van der Waals surface area contributed by atoms with Crippen LogP contribution in [0.4, 0.5) is 4.39 Å². The number of hydrogen-bond donors (Lipinski definition) is 0. The van der Waals surface area contributed by atoms with Gasteiger partial charge in [-0.25, -0.2) is 4.39 Å². The molecular formula is C8H16FN. The Morgan fingerprint density at radius 1 is 1.60 bits per heavy atom. The molecule has 1 aliphatic rings. The summed E-state index contributed by atoms with van der Waals surface area (Å²) in [5.74, 6) is 0.778. The molecule has 1 rings (SSSR count). The first kappa shape index (κ1) is 7.99. The molecule has 0 saturated carbocycles. The van der Waals surface area contributed by atoms with Crippen molar-refractivity contribution >= 4 is 0 Å². The largest absolute Gasteiger partial charge is 0.300 e. The average Bonchev–Trinajstić information content (AvgIpc) is 1.88. The summed E-state index contributed by atoms with van der Waals surface area (Å²) in [6, 6.07) is 0. The van der Waals surface area contributed by atoms with Gasteiger partial charge >= 0.3 is 0 Å².